The fraction of sp³-hybridized carbons (Fsp3) is 1.00. The third-order valence-electron chi connectivity index (χ3n) is 3.33. The number of aliphatic hydroxyl groups excluding tert-OH is 1. The van der Waals surface area contributed by atoms with Gasteiger partial charge in [0.15, 0.2) is 0 Å². The van der Waals surface area contributed by atoms with Crippen LogP contribution in [0.5, 0.6) is 0 Å². The third-order valence-corrected chi connectivity index (χ3v) is 3.33. The first kappa shape index (κ1) is 15.7. The van der Waals surface area contributed by atoms with Gasteiger partial charge in [-0.3, -0.25) is 4.90 Å². The summed E-state index contributed by atoms with van der Waals surface area (Å²) in [5, 5.41) is 12.2. The maximum absolute atomic E-state index is 12.2. The first-order valence-corrected chi connectivity index (χ1v) is 6.35. The Bertz CT molecular complexity index is 256. The van der Waals surface area contributed by atoms with Crippen molar-refractivity contribution < 1.29 is 18.3 Å². The van der Waals surface area contributed by atoms with Crippen molar-refractivity contribution in [2.45, 2.75) is 38.9 Å². The molecule has 0 aromatic heterocycles. The van der Waals surface area contributed by atoms with E-state index in [0.717, 1.165) is 13.0 Å². The fourth-order valence-electron chi connectivity index (χ4n) is 2.21. The Balaban J connectivity index is 2.26. The van der Waals surface area contributed by atoms with Crippen LogP contribution in [0.3, 0.4) is 0 Å². The lowest BCUT2D eigenvalue weighted by atomic mass is 9.89. The van der Waals surface area contributed by atoms with Crippen molar-refractivity contribution >= 4 is 0 Å². The normalized spacial score (nSPS) is 22.7. The molecule has 0 bridgehead atoms. The lowest BCUT2D eigenvalue weighted by molar-refractivity contribution is -0.143. The molecule has 1 heterocycles. The van der Waals surface area contributed by atoms with Gasteiger partial charge in [-0.15, -0.1) is 0 Å². The highest BCUT2D eigenvalue weighted by atomic mass is 19.4. The molecule has 1 rings (SSSR count). The van der Waals surface area contributed by atoms with Crippen LogP contribution < -0.4 is 5.32 Å². The maximum atomic E-state index is 12.2. The zero-order chi connectivity index (χ0) is 13.8. The minimum Gasteiger partial charge on any atom is -0.396 e. The lowest BCUT2D eigenvalue weighted by Gasteiger charge is -2.26. The molecule has 1 atom stereocenters. The van der Waals surface area contributed by atoms with E-state index in [9.17, 15) is 13.2 Å². The molecule has 0 amide bonds. The van der Waals surface area contributed by atoms with E-state index in [4.69, 9.17) is 5.11 Å². The van der Waals surface area contributed by atoms with Gasteiger partial charge in [-0.25, -0.2) is 0 Å². The Hall–Kier alpha value is -0.330. The topological polar surface area (TPSA) is 35.5 Å². The van der Waals surface area contributed by atoms with E-state index >= 15 is 0 Å². The third kappa shape index (κ3) is 6.02. The standard InChI is InChI=1S/C12H23F3N2O/c1-11(2,4-6-18)8-16-10-3-5-17(7-10)9-12(13,14)15/h10,16,18H,3-9H2,1-2H3/t10-/m1/s1. The number of hydrogen-bond acceptors (Lipinski definition) is 3. The van der Waals surface area contributed by atoms with E-state index in [1.807, 2.05) is 13.8 Å². The van der Waals surface area contributed by atoms with Crippen molar-refractivity contribution in [3.05, 3.63) is 0 Å². The van der Waals surface area contributed by atoms with Crippen LogP contribution in [0.2, 0.25) is 0 Å². The summed E-state index contributed by atoms with van der Waals surface area (Å²) in [5.41, 5.74) is -0.0216. The van der Waals surface area contributed by atoms with E-state index in [2.05, 4.69) is 5.32 Å². The largest absolute Gasteiger partial charge is 0.401 e. The summed E-state index contributed by atoms with van der Waals surface area (Å²) in [7, 11) is 0. The van der Waals surface area contributed by atoms with Crippen LogP contribution >= 0.6 is 0 Å². The monoisotopic (exact) mass is 268 g/mol. The first-order chi connectivity index (χ1) is 8.22. The molecule has 0 aromatic carbocycles. The van der Waals surface area contributed by atoms with Gasteiger partial charge in [-0.1, -0.05) is 13.8 Å². The highest BCUT2D eigenvalue weighted by Gasteiger charge is 2.34. The van der Waals surface area contributed by atoms with Crippen molar-refractivity contribution in [2.75, 3.05) is 32.8 Å². The molecule has 3 nitrogen and oxygen atoms in total. The highest BCUT2D eigenvalue weighted by Crippen LogP contribution is 2.22. The van der Waals surface area contributed by atoms with Gasteiger partial charge in [0, 0.05) is 32.3 Å². The van der Waals surface area contributed by atoms with Gasteiger partial charge in [0.25, 0.3) is 0 Å². The molecule has 0 saturated carbocycles. The zero-order valence-electron chi connectivity index (χ0n) is 11.1. The SMILES string of the molecule is CC(C)(CCO)CN[C@@H]1CCN(CC(F)(F)F)C1. The molecule has 18 heavy (non-hydrogen) atoms. The summed E-state index contributed by atoms with van der Waals surface area (Å²) >= 11 is 0. The molecule has 108 valence electrons. The Kier molecular flexibility index (Phi) is 5.43. The zero-order valence-corrected chi connectivity index (χ0v) is 11.1. The number of alkyl halides is 3. The van der Waals surface area contributed by atoms with Gasteiger partial charge in [-0.05, 0) is 18.3 Å². The second-order valence-corrected chi connectivity index (χ2v) is 5.85. The van der Waals surface area contributed by atoms with Crippen molar-refractivity contribution in [2.24, 2.45) is 5.41 Å². The average Bonchev–Trinajstić information content (AvgIpc) is 2.60. The van der Waals surface area contributed by atoms with Crippen LogP contribution in [0.1, 0.15) is 26.7 Å². The van der Waals surface area contributed by atoms with Crippen LogP contribution in [0.15, 0.2) is 0 Å². The molecule has 0 radical (unpaired) electrons. The van der Waals surface area contributed by atoms with Gasteiger partial charge in [-0.2, -0.15) is 13.2 Å². The van der Waals surface area contributed by atoms with E-state index in [1.165, 1.54) is 4.90 Å². The quantitative estimate of drug-likeness (QED) is 0.768. The number of aliphatic hydroxyl groups is 1. The molecule has 6 heteroatoms. The Morgan fingerprint density at radius 3 is 2.56 bits per heavy atom. The van der Waals surface area contributed by atoms with Gasteiger partial charge in [0.1, 0.15) is 0 Å². The highest BCUT2D eigenvalue weighted by molar-refractivity contribution is 4.84. The molecular formula is C12H23F3N2O. The first-order valence-electron chi connectivity index (χ1n) is 6.35. The molecule has 1 aliphatic rings. The smallest absolute Gasteiger partial charge is 0.396 e. The van der Waals surface area contributed by atoms with E-state index in [1.54, 1.807) is 0 Å². The van der Waals surface area contributed by atoms with Crippen molar-refractivity contribution in [3.63, 3.8) is 0 Å². The summed E-state index contributed by atoms with van der Waals surface area (Å²) in [6, 6.07) is 0.130. The molecule has 0 aliphatic carbocycles. The number of nitrogens with zero attached hydrogens (tertiary/aromatic N) is 1. The second kappa shape index (κ2) is 6.21. The average molecular weight is 268 g/mol. The predicted molar refractivity (Wildman–Crippen MR) is 64.4 cm³/mol. The van der Waals surface area contributed by atoms with Crippen LogP contribution in [-0.4, -0.2) is 55.0 Å². The van der Waals surface area contributed by atoms with Crippen LogP contribution in [0.4, 0.5) is 13.2 Å². The van der Waals surface area contributed by atoms with Crippen LogP contribution in [-0.2, 0) is 0 Å². The molecular weight excluding hydrogens is 245 g/mol. The van der Waals surface area contributed by atoms with Crippen LogP contribution in [0.25, 0.3) is 0 Å². The molecule has 0 spiro atoms. The second-order valence-electron chi connectivity index (χ2n) is 5.85. The molecule has 1 saturated heterocycles. The molecule has 0 aromatic rings. The maximum Gasteiger partial charge on any atom is 0.401 e. The minimum absolute atomic E-state index is 0.0216. The Morgan fingerprint density at radius 1 is 1.33 bits per heavy atom. The Labute approximate surface area is 106 Å². The van der Waals surface area contributed by atoms with Crippen molar-refractivity contribution in [3.8, 4) is 0 Å². The van der Waals surface area contributed by atoms with E-state index in [0.29, 0.717) is 19.5 Å². The number of rotatable bonds is 6. The van der Waals surface area contributed by atoms with Gasteiger partial charge in [0.2, 0.25) is 0 Å². The van der Waals surface area contributed by atoms with Crippen LogP contribution in [0, 0.1) is 5.41 Å². The summed E-state index contributed by atoms with van der Waals surface area (Å²) in [6.07, 6.45) is -2.66. The van der Waals surface area contributed by atoms with Gasteiger partial charge >= 0.3 is 6.18 Å². The molecule has 0 unspecified atom stereocenters. The number of likely N-dealkylation sites (tertiary alicyclic amines) is 1. The minimum atomic E-state index is -4.11. The molecule has 2 N–H and O–H groups in total. The Morgan fingerprint density at radius 2 is 2.00 bits per heavy atom. The predicted octanol–water partition coefficient (Wildman–Crippen LogP) is 1.62. The van der Waals surface area contributed by atoms with Gasteiger partial charge in [0.05, 0.1) is 6.54 Å². The van der Waals surface area contributed by atoms with Gasteiger partial charge < -0.3 is 10.4 Å². The summed E-state index contributed by atoms with van der Waals surface area (Å²) < 4.78 is 36.7. The number of hydrogen-bond donors (Lipinski definition) is 2. The summed E-state index contributed by atoms with van der Waals surface area (Å²) in [5.74, 6) is 0. The van der Waals surface area contributed by atoms with Crippen molar-refractivity contribution in [1.82, 2.24) is 10.2 Å². The molecule has 1 fully saturated rings. The van der Waals surface area contributed by atoms with E-state index in [-0.39, 0.29) is 18.1 Å². The number of nitrogens with one attached hydrogen (secondary N) is 1. The van der Waals surface area contributed by atoms with Crippen molar-refractivity contribution in [1.29, 1.82) is 0 Å². The summed E-state index contributed by atoms with van der Waals surface area (Å²) in [6.45, 7) is 5.08. The number of halogens is 3. The summed E-state index contributed by atoms with van der Waals surface area (Å²) in [4.78, 5) is 1.44. The molecule has 1 aliphatic heterocycles. The lowest BCUT2D eigenvalue weighted by Crippen LogP contribution is -2.40. The fourth-order valence-corrected chi connectivity index (χ4v) is 2.21. The van der Waals surface area contributed by atoms with E-state index < -0.39 is 12.7 Å².